The summed E-state index contributed by atoms with van der Waals surface area (Å²) in [7, 11) is 0. The molecular weight excluding hydrogens is 264 g/mol. The highest BCUT2D eigenvalue weighted by Crippen LogP contribution is 2.17. The molecule has 0 saturated heterocycles. The first-order chi connectivity index (χ1) is 10.3. The van der Waals surface area contributed by atoms with E-state index in [0.29, 0.717) is 6.54 Å². The molecule has 0 bridgehead atoms. The fraction of sp³-hybridized carbons (Fsp3) is 0.250. The van der Waals surface area contributed by atoms with Crippen molar-refractivity contribution in [3.05, 3.63) is 60.7 Å². The van der Waals surface area contributed by atoms with E-state index in [1.807, 2.05) is 29.3 Å². The van der Waals surface area contributed by atoms with Crippen LogP contribution < -0.4 is 0 Å². The Labute approximate surface area is 123 Å². The van der Waals surface area contributed by atoms with Crippen LogP contribution in [0, 0.1) is 0 Å². The molecule has 5 heteroatoms. The Bertz CT molecular complexity index is 687. The van der Waals surface area contributed by atoms with E-state index in [9.17, 15) is 0 Å². The molecule has 0 amide bonds. The lowest BCUT2D eigenvalue weighted by Gasteiger charge is -2.01. The molecule has 0 spiro atoms. The number of aromatic nitrogens is 4. The highest BCUT2D eigenvalue weighted by atomic mass is 16.3. The van der Waals surface area contributed by atoms with Crippen LogP contribution in [0.3, 0.4) is 0 Å². The van der Waals surface area contributed by atoms with Crippen molar-refractivity contribution in [2.24, 2.45) is 0 Å². The van der Waals surface area contributed by atoms with Gasteiger partial charge in [0.1, 0.15) is 0 Å². The maximum absolute atomic E-state index is 8.90. The highest BCUT2D eigenvalue weighted by Gasteiger charge is 2.05. The number of aliphatic hydroxyl groups excluding tert-OH is 1. The van der Waals surface area contributed by atoms with Gasteiger partial charge in [-0.15, -0.1) is 0 Å². The number of aryl methyl sites for hydroxylation is 2. The van der Waals surface area contributed by atoms with E-state index >= 15 is 0 Å². The minimum Gasteiger partial charge on any atom is -0.394 e. The van der Waals surface area contributed by atoms with Gasteiger partial charge in [0.2, 0.25) is 0 Å². The minimum absolute atomic E-state index is 0.0947. The normalized spacial score (nSPS) is 10.9. The summed E-state index contributed by atoms with van der Waals surface area (Å²) in [6.07, 6.45) is 8.57. The molecule has 0 atom stereocenters. The average Bonchev–Trinajstić information content (AvgIpc) is 3.15. The summed E-state index contributed by atoms with van der Waals surface area (Å²) >= 11 is 0. The van der Waals surface area contributed by atoms with E-state index < -0.39 is 0 Å². The van der Waals surface area contributed by atoms with Gasteiger partial charge in [-0.3, -0.25) is 9.36 Å². The molecule has 0 aliphatic heterocycles. The Morgan fingerprint density at radius 2 is 1.48 bits per heavy atom. The third-order valence-electron chi connectivity index (χ3n) is 3.40. The zero-order chi connectivity index (χ0) is 14.5. The summed E-state index contributed by atoms with van der Waals surface area (Å²) in [6.45, 7) is 1.47. The molecule has 2 heterocycles. The lowest BCUT2D eigenvalue weighted by molar-refractivity contribution is 0.269. The van der Waals surface area contributed by atoms with Crippen LogP contribution in [0.1, 0.15) is 5.56 Å². The van der Waals surface area contributed by atoms with Gasteiger partial charge in [0.05, 0.1) is 25.5 Å². The van der Waals surface area contributed by atoms with Crippen LogP contribution >= 0.6 is 0 Å². The summed E-state index contributed by atoms with van der Waals surface area (Å²) in [5, 5.41) is 17.5. The van der Waals surface area contributed by atoms with Gasteiger partial charge < -0.3 is 5.11 Å². The van der Waals surface area contributed by atoms with Crippen molar-refractivity contribution in [2.45, 2.75) is 19.5 Å². The molecule has 3 rings (SSSR count). The Morgan fingerprint density at radius 3 is 2.10 bits per heavy atom. The molecule has 2 aromatic heterocycles. The number of benzene rings is 1. The molecule has 0 fully saturated rings. The van der Waals surface area contributed by atoms with E-state index in [4.69, 9.17) is 5.11 Å². The minimum atomic E-state index is 0.0947. The Balaban J connectivity index is 1.65. The molecule has 5 nitrogen and oxygen atoms in total. The number of hydrogen-bond acceptors (Lipinski definition) is 3. The van der Waals surface area contributed by atoms with Gasteiger partial charge in [-0.2, -0.15) is 10.2 Å². The van der Waals surface area contributed by atoms with Gasteiger partial charge in [-0.1, -0.05) is 30.3 Å². The molecule has 0 aliphatic carbocycles. The van der Waals surface area contributed by atoms with Crippen molar-refractivity contribution in [1.29, 1.82) is 0 Å². The van der Waals surface area contributed by atoms with Gasteiger partial charge >= 0.3 is 0 Å². The summed E-state index contributed by atoms with van der Waals surface area (Å²) < 4.78 is 3.68. The lowest BCUT2D eigenvalue weighted by Crippen LogP contribution is -2.01. The van der Waals surface area contributed by atoms with E-state index in [0.717, 1.165) is 24.1 Å². The molecule has 0 unspecified atom stereocenters. The molecule has 108 valence electrons. The number of aliphatic hydroxyl groups is 1. The van der Waals surface area contributed by atoms with Crippen LogP contribution in [0.25, 0.3) is 11.1 Å². The smallest absolute Gasteiger partial charge is 0.0641 e. The first kappa shape index (κ1) is 13.6. The second kappa shape index (κ2) is 6.37. The topological polar surface area (TPSA) is 55.9 Å². The van der Waals surface area contributed by atoms with Crippen LogP contribution in [-0.2, 0) is 19.5 Å². The Kier molecular flexibility index (Phi) is 4.12. The average molecular weight is 282 g/mol. The van der Waals surface area contributed by atoms with Gasteiger partial charge in [-0.05, 0) is 12.0 Å². The molecule has 0 saturated carbocycles. The van der Waals surface area contributed by atoms with Gasteiger partial charge in [0.25, 0.3) is 0 Å². The van der Waals surface area contributed by atoms with E-state index in [1.54, 1.807) is 10.9 Å². The van der Waals surface area contributed by atoms with Crippen molar-refractivity contribution >= 4 is 0 Å². The third-order valence-corrected chi connectivity index (χ3v) is 3.40. The maximum atomic E-state index is 8.90. The first-order valence-electron chi connectivity index (χ1n) is 7.05. The van der Waals surface area contributed by atoms with Crippen molar-refractivity contribution in [1.82, 2.24) is 19.6 Å². The van der Waals surface area contributed by atoms with Crippen LogP contribution in [0.5, 0.6) is 0 Å². The van der Waals surface area contributed by atoms with Crippen molar-refractivity contribution in [3.8, 4) is 11.1 Å². The number of hydrogen-bond donors (Lipinski definition) is 1. The zero-order valence-electron chi connectivity index (χ0n) is 11.8. The van der Waals surface area contributed by atoms with Gasteiger partial charge in [-0.25, -0.2) is 0 Å². The lowest BCUT2D eigenvalue weighted by atomic mass is 10.1. The molecular formula is C16H18N4O. The van der Waals surface area contributed by atoms with Gasteiger partial charge in [0, 0.05) is 30.1 Å². The predicted molar refractivity (Wildman–Crippen MR) is 80.7 cm³/mol. The number of nitrogens with zero attached hydrogens (tertiary/aromatic N) is 4. The highest BCUT2D eigenvalue weighted by molar-refractivity contribution is 5.59. The zero-order valence-corrected chi connectivity index (χ0v) is 11.8. The third kappa shape index (κ3) is 3.38. The van der Waals surface area contributed by atoms with Crippen LogP contribution in [0.2, 0.25) is 0 Å². The standard InChI is InChI=1S/C16H18N4O/c21-9-8-20-13-16(11-18-20)15-10-17-19(12-15)7-6-14-4-2-1-3-5-14/h1-5,10-13,21H,6-9H2. The molecule has 1 N–H and O–H groups in total. The molecule has 3 aromatic rings. The second-order valence-electron chi connectivity index (χ2n) is 4.94. The fourth-order valence-corrected chi connectivity index (χ4v) is 2.26. The second-order valence-corrected chi connectivity index (χ2v) is 4.94. The van der Waals surface area contributed by atoms with E-state index in [1.165, 1.54) is 5.56 Å². The summed E-state index contributed by atoms with van der Waals surface area (Å²) in [5.41, 5.74) is 3.38. The fourth-order valence-electron chi connectivity index (χ4n) is 2.26. The van der Waals surface area contributed by atoms with Crippen molar-refractivity contribution in [3.63, 3.8) is 0 Å². The van der Waals surface area contributed by atoms with E-state index in [-0.39, 0.29) is 6.61 Å². The first-order valence-corrected chi connectivity index (χ1v) is 7.05. The summed E-state index contributed by atoms with van der Waals surface area (Å²) in [4.78, 5) is 0. The monoisotopic (exact) mass is 282 g/mol. The predicted octanol–water partition coefficient (Wildman–Crippen LogP) is 1.98. The van der Waals surface area contributed by atoms with E-state index in [2.05, 4.69) is 34.5 Å². The van der Waals surface area contributed by atoms with Crippen molar-refractivity contribution in [2.75, 3.05) is 6.61 Å². The summed E-state index contributed by atoms with van der Waals surface area (Å²) in [5.74, 6) is 0. The molecule has 0 aliphatic rings. The quantitative estimate of drug-likeness (QED) is 0.752. The van der Waals surface area contributed by atoms with Crippen LogP contribution in [0.4, 0.5) is 0 Å². The van der Waals surface area contributed by atoms with Crippen molar-refractivity contribution < 1.29 is 5.11 Å². The Hall–Kier alpha value is -2.40. The summed E-state index contributed by atoms with van der Waals surface area (Å²) in [6, 6.07) is 10.4. The van der Waals surface area contributed by atoms with Crippen LogP contribution in [-0.4, -0.2) is 31.3 Å². The molecule has 21 heavy (non-hydrogen) atoms. The molecule has 1 aromatic carbocycles. The maximum Gasteiger partial charge on any atom is 0.0641 e. The largest absolute Gasteiger partial charge is 0.394 e. The SMILES string of the molecule is OCCn1cc(-c2cnn(CCc3ccccc3)c2)cn1. The molecule has 0 radical (unpaired) electrons. The van der Waals surface area contributed by atoms with Crippen LogP contribution in [0.15, 0.2) is 55.1 Å². The van der Waals surface area contributed by atoms with Gasteiger partial charge in [0.15, 0.2) is 0 Å². The Morgan fingerprint density at radius 1 is 0.857 bits per heavy atom. The number of rotatable bonds is 6.